The smallest absolute Gasteiger partial charge is 0.122 e. The Morgan fingerprint density at radius 3 is 2.94 bits per heavy atom. The van der Waals surface area contributed by atoms with E-state index >= 15 is 0 Å². The van der Waals surface area contributed by atoms with E-state index in [2.05, 4.69) is 17.2 Å². The van der Waals surface area contributed by atoms with Gasteiger partial charge in [-0.05, 0) is 19.5 Å². The molecular weight excluding hydrogens is 204 g/mol. The highest BCUT2D eigenvalue weighted by atomic mass is 16.5. The van der Waals surface area contributed by atoms with Crippen molar-refractivity contribution in [1.82, 2.24) is 10.3 Å². The molecule has 0 amide bonds. The minimum atomic E-state index is 0.586. The van der Waals surface area contributed by atoms with Crippen molar-refractivity contribution in [3.63, 3.8) is 0 Å². The van der Waals surface area contributed by atoms with Crippen molar-refractivity contribution in [2.45, 2.75) is 19.9 Å². The number of pyridine rings is 1. The van der Waals surface area contributed by atoms with Gasteiger partial charge in [-0.2, -0.15) is 0 Å². The van der Waals surface area contributed by atoms with Gasteiger partial charge in [0.15, 0.2) is 0 Å². The van der Waals surface area contributed by atoms with Crippen LogP contribution in [0.5, 0.6) is 5.75 Å². The van der Waals surface area contributed by atoms with E-state index in [0.717, 1.165) is 31.0 Å². The molecule has 0 saturated carbocycles. The highest BCUT2D eigenvalue weighted by Gasteiger charge is 1.97. The molecule has 0 aliphatic carbocycles. The molecule has 1 aromatic heterocycles. The molecule has 1 rings (SSSR count). The molecule has 1 aromatic rings. The van der Waals surface area contributed by atoms with Gasteiger partial charge in [0.1, 0.15) is 12.4 Å². The van der Waals surface area contributed by atoms with Crippen molar-refractivity contribution < 1.29 is 9.47 Å². The Morgan fingerprint density at radius 1 is 1.31 bits per heavy atom. The van der Waals surface area contributed by atoms with Crippen molar-refractivity contribution >= 4 is 0 Å². The molecule has 4 heteroatoms. The predicted octanol–water partition coefficient (Wildman–Crippen LogP) is 1.61. The second-order valence-electron chi connectivity index (χ2n) is 3.47. The number of nitrogens with zero attached hydrogens (tertiary/aromatic N) is 1. The summed E-state index contributed by atoms with van der Waals surface area (Å²) in [6, 6.07) is 3.80. The van der Waals surface area contributed by atoms with Gasteiger partial charge in [0.2, 0.25) is 0 Å². The maximum Gasteiger partial charge on any atom is 0.122 e. The molecule has 4 nitrogen and oxygen atoms in total. The maximum absolute atomic E-state index is 5.55. The Bertz CT molecular complexity index is 292. The molecule has 0 fully saturated rings. The average Bonchev–Trinajstić information content (AvgIpc) is 2.30. The van der Waals surface area contributed by atoms with Gasteiger partial charge in [0.05, 0.1) is 12.3 Å². The average molecular weight is 224 g/mol. The van der Waals surface area contributed by atoms with E-state index in [1.54, 1.807) is 6.20 Å². The first-order valence-corrected chi connectivity index (χ1v) is 5.67. The van der Waals surface area contributed by atoms with Gasteiger partial charge in [-0.1, -0.05) is 6.92 Å². The zero-order valence-electron chi connectivity index (χ0n) is 10.0. The molecule has 0 spiro atoms. The number of ether oxygens (including phenoxy) is 2. The number of aromatic nitrogens is 1. The lowest BCUT2D eigenvalue weighted by Crippen LogP contribution is -2.09. The Labute approximate surface area is 97.0 Å². The van der Waals surface area contributed by atoms with Gasteiger partial charge in [0.25, 0.3) is 0 Å². The highest BCUT2D eigenvalue weighted by Crippen LogP contribution is 2.10. The third-order valence-corrected chi connectivity index (χ3v) is 1.99. The molecule has 1 heterocycles. The van der Waals surface area contributed by atoms with Gasteiger partial charge in [-0.15, -0.1) is 0 Å². The van der Waals surface area contributed by atoms with Crippen LogP contribution >= 0.6 is 0 Å². The van der Waals surface area contributed by atoms with Crippen LogP contribution in [0.4, 0.5) is 0 Å². The Kier molecular flexibility index (Phi) is 6.53. The summed E-state index contributed by atoms with van der Waals surface area (Å²) in [6.45, 7) is 4.86. The first kappa shape index (κ1) is 12.9. The third kappa shape index (κ3) is 5.09. The van der Waals surface area contributed by atoms with Crippen molar-refractivity contribution in [2.24, 2.45) is 0 Å². The summed E-state index contributed by atoms with van der Waals surface area (Å²) in [6.07, 6.45) is 2.80. The van der Waals surface area contributed by atoms with Gasteiger partial charge in [0, 0.05) is 25.4 Å². The van der Waals surface area contributed by atoms with Crippen molar-refractivity contribution in [2.75, 3.05) is 26.9 Å². The van der Waals surface area contributed by atoms with E-state index in [1.165, 1.54) is 0 Å². The predicted molar refractivity (Wildman–Crippen MR) is 63.6 cm³/mol. The Morgan fingerprint density at radius 2 is 2.19 bits per heavy atom. The molecule has 16 heavy (non-hydrogen) atoms. The second kappa shape index (κ2) is 8.07. The molecule has 0 aromatic carbocycles. The van der Waals surface area contributed by atoms with Crippen LogP contribution in [0.1, 0.15) is 19.0 Å². The molecule has 0 aliphatic rings. The second-order valence-corrected chi connectivity index (χ2v) is 3.47. The van der Waals surface area contributed by atoms with E-state index in [0.29, 0.717) is 13.2 Å². The third-order valence-electron chi connectivity index (χ3n) is 1.99. The van der Waals surface area contributed by atoms with Crippen LogP contribution in [0.25, 0.3) is 0 Å². The Hall–Kier alpha value is -1.13. The molecule has 0 atom stereocenters. The van der Waals surface area contributed by atoms with E-state index < -0.39 is 0 Å². The summed E-state index contributed by atoms with van der Waals surface area (Å²) in [5.74, 6) is 0.848. The van der Waals surface area contributed by atoms with Crippen LogP contribution in [-0.4, -0.2) is 31.9 Å². The summed E-state index contributed by atoms with van der Waals surface area (Å²) < 4.78 is 10.9. The van der Waals surface area contributed by atoms with E-state index in [-0.39, 0.29) is 0 Å². The molecule has 90 valence electrons. The van der Waals surface area contributed by atoms with Crippen LogP contribution in [0.2, 0.25) is 0 Å². The lowest BCUT2D eigenvalue weighted by atomic mass is 10.3. The quantitative estimate of drug-likeness (QED) is 0.681. The maximum atomic E-state index is 5.55. The van der Waals surface area contributed by atoms with E-state index in [9.17, 15) is 0 Å². The number of nitrogens with one attached hydrogen (secondary N) is 1. The van der Waals surface area contributed by atoms with Crippen molar-refractivity contribution in [1.29, 1.82) is 0 Å². The zero-order chi connectivity index (χ0) is 11.6. The van der Waals surface area contributed by atoms with Crippen LogP contribution in [0.15, 0.2) is 18.3 Å². The van der Waals surface area contributed by atoms with E-state index in [1.807, 2.05) is 19.2 Å². The summed E-state index contributed by atoms with van der Waals surface area (Å²) in [5.41, 5.74) is 0.981. The fourth-order valence-corrected chi connectivity index (χ4v) is 1.29. The lowest BCUT2D eigenvalue weighted by Gasteiger charge is -2.07. The number of hydrogen-bond donors (Lipinski definition) is 1. The monoisotopic (exact) mass is 224 g/mol. The van der Waals surface area contributed by atoms with Gasteiger partial charge < -0.3 is 14.8 Å². The van der Waals surface area contributed by atoms with E-state index in [4.69, 9.17) is 9.47 Å². The van der Waals surface area contributed by atoms with Crippen LogP contribution in [0, 0.1) is 0 Å². The van der Waals surface area contributed by atoms with Crippen LogP contribution in [-0.2, 0) is 11.3 Å². The summed E-state index contributed by atoms with van der Waals surface area (Å²) in [5, 5.41) is 3.05. The normalized spacial score (nSPS) is 10.4. The Balaban J connectivity index is 2.27. The largest absolute Gasteiger partial charge is 0.491 e. The SMILES string of the molecule is CCCOCCOc1ccnc(CNC)c1. The van der Waals surface area contributed by atoms with Gasteiger partial charge in [-0.25, -0.2) is 0 Å². The van der Waals surface area contributed by atoms with Crippen molar-refractivity contribution in [3.8, 4) is 5.75 Å². The highest BCUT2D eigenvalue weighted by molar-refractivity contribution is 5.22. The number of hydrogen-bond acceptors (Lipinski definition) is 4. The molecule has 0 aliphatic heterocycles. The van der Waals surface area contributed by atoms with Crippen LogP contribution in [0.3, 0.4) is 0 Å². The lowest BCUT2D eigenvalue weighted by molar-refractivity contribution is 0.101. The van der Waals surface area contributed by atoms with Crippen molar-refractivity contribution in [3.05, 3.63) is 24.0 Å². The van der Waals surface area contributed by atoms with Gasteiger partial charge >= 0.3 is 0 Å². The molecule has 0 radical (unpaired) electrons. The summed E-state index contributed by atoms with van der Waals surface area (Å²) in [7, 11) is 1.90. The van der Waals surface area contributed by atoms with Gasteiger partial charge in [-0.3, -0.25) is 4.98 Å². The minimum absolute atomic E-state index is 0.586. The number of rotatable bonds is 8. The zero-order valence-corrected chi connectivity index (χ0v) is 10.0. The molecule has 0 saturated heterocycles. The first-order chi connectivity index (χ1) is 7.86. The van der Waals surface area contributed by atoms with Crippen LogP contribution < -0.4 is 10.1 Å². The molecular formula is C12H20N2O2. The summed E-state index contributed by atoms with van der Waals surface area (Å²) >= 11 is 0. The standard InChI is InChI=1S/C12H20N2O2/c1-3-6-15-7-8-16-12-4-5-14-11(9-12)10-13-2/h4-5,9,13H,3,6-8,10H2,1-2H3. The molecule has 0 bridgehead atoms. The molecule has 0 unspecified atom stereocenters. The topological polar surface area (TPSA) is 43.4 Å². The first-order valence-electron chi connectivity index (χ1n) is 5.67. The molecule has 1 N–H and O–H groups in total. The fraction of sp³-hybridized carbons (Fsp3) is 0.583. The fourth-order valence-electron chi connectivity index (χ4n) is 1.29. The minimum Gasteiger partial charge on any atom is -0.491 e. The summed E-state index contributed by atoms with van der Waals surface area (Å²) in [4.78, 5) is 4.21.